The van der Waals surface area contributed by atoms with Crippen LogP contribution >= 0.6 is 0 Å². The third-order valence-corrected chi connectivity index (χ3v) is 4.08. The molecule has 0 aromatic heterocycles. The highest BCUT2D eigenvalue weighted by Crippen LogP contribution is 2.28. The van der Waals surface area contributed by atoms with Gasteiger partial charge in [0.1, 0.15) is 0 Å². The molecule has 1 aliphatic carbocycles. The van der Waals surface area contributed by atoms with E-state index in [4.69, 9.17) is 0 Å². The molecule has 0 radical (unpaired) electrons. The zero-order valence-corrected chi connectivity index (χ0v) is 10.5. The van der Waals surface area contributed by atoms with Crippen molar-refractivity contribution in [2.75, 3.05) is 19.6 Å². The molecule has 2 rings (SSSR count). The van der Waals surface area contributed by atoms with Crippen LogP contribution in [0.5, 0.6) is 0 Å². The summed E-state index contributed by atoms with van der Waals surface area (Å²) in [5.41, 5.74) is -0.621. The SMILES string of the molecule is O=C(CC1CCNCC1)NCC1(O)CCCC1. The fourth-order valence-electron chi connectivity index (χ4n) is 2.89. The minimum atomic E-state index is -0.621. The van der Waals surface area contributed by atoms with Crippen molar-refractivity contribution in [1.29, 1.82) is 0 Å². The average Bonchev–Trinajstić information content (AvgIpc) is 2.76. The van der Waals surface area contributed by atoms with E-state index in [-0.39, 0.29) is 5.91 Å². The molecule has 2 aliphatic rings. The first-order valence-electron chi connectivity index (χ1n) is 6.88. The van der Waals surface area contributed by atoms with Gasteiger partial charge in [-0.25, -0.2) is 0 Å². The average molecular weight is 240 g/mol. The van der Waals surface area contributed by atoms with Crippen LogP contribution in [0.3, 0.4) is 0 Å². The minimum Gasteiger partial charge on any atom is -0.388 e. The summed E-state index contributed by atoms with van der Waals surface area (Å²) in [5, 5.41) is 16.3. The molecule has 1 saturated carbocycles. The maximum absolute atomic E-state index is 11.8. The predicted molar refractivity (Wildman–Crippen MR) is 66.6 cm³/mol. The summed E-state index contributed by atoms with van der Waals surface area (Å²) in [7, 11) is 0. The first kappa shape index (κ1) is 12.8. The Balaban J connectivity index is 1.66. The molecule has 98 valence electrons. The normalized spacial score (nSPS) is 24.8. The van der Waals surface area contributed by atoms with Gasteiger partial charge in [-0.15, -0.1) is 0 Å². The smallest absolute Gasteiger partial charge is 0.220 e. The summed E-state index contributed by atoms with van der Waals surface area (Å²) < 4.78 is 0. The van der Waals surface area contributed by atoms with Crippen molar-refractivity contribution in [1.82, 2.24) is 10.6 Å². The lowest BCUT2D eigenvalue weighted by Gasteiger charge is -2.25. The second kappa shape index (κ2) is 5.83. The molecule has 1 heterocycles. The Morgan fingerprint density at radius 2 is 1.94 bits per heavy atom. The van der Waals surface area contributed by atoms with Crippen LogP contribution in [0.4, 0.5) is 0 Å². The number of aliphatic hydroxyl groups is 1. The van der Waals surface area contributed by atoms with Crippen molar-refractivity contribution in [2.45, 2.75) is 50.5 Å². The summed E-state index contributed by atoms with van der Waals surface area (Å²) in [5.74, 6) is 0.631. The first-order valence-corrected chi connectivity index (χ1v) is 6.88. The molecule has 1 saturated heterocycles. The van der Waals surface area contributed by atoms with Crippen molar-refractivity contribution in [3.63, 3.8) is 0 Å². The number of rotatable bonds is 4. The van der Waals surface area contributed by atoms with Gasteiger partial charge in [-0.2, -0.15) is 0 Å². The van der Waals surface area contributed by atoms with Gasteiger partial charge < -0.3 is 15.7 Å². The maximum atomic E-state index is 11.8. The van der Waals surface area contributed by atoms with Crippen LogP contribution < -0.4 is 10.6 Å². The van der Waals surface area contributed by atoms with Gasteiger partial charge in [0.05, 0.1) is 5.60 Å². The van der Waals surface area contributed by atoms with Crippen LogP contribution in [0.2, 0.25) is 0 Å². The van der Waals surface area contributed by atoms with Crippen molar-refractivity contribution in [2.24, 2.45) is 5.92 Å². The number of hydrogen-bond donors (Lipinski definition) is 3. The van der Waals surface area contributed by atoms with E-state index in [1.807, 2.05) is 0 Å². The van der Waals surface area contributed by atoms with E-state index in [1.54, 1.807) is 0 Å². The summed E-state index contributed by atoms with van der Waals surface area (Å²) in [6.45, 7) is 2.50. The van der Waals surface area contributed by atoms with E-state index in [1.165, 1.54) is 0 Å². The molecule has 0 spiro atoms. The molecule has 3 N–H and O–H groups in total. The number of piperidine rings is 1. The number of hydrogen-bond acceptors (Lipinski definition) is 3. The van der Waals surface area contributed by atoms with Crippen molar-refractivity contribution >= 4 is 5.91 Å². The van der Waals surface area contributed by atoms with Crippen LogP contribution in [0, 0.1) is 5.92 Å². The molecule has 4 heteroatoms. The zero-order chi connectivity index (χ0) is 12.1. The first-order chi connectivity index (χ1) is 8.18. The Hall–Kier alpha value is -0.610. The number of carbonyl (C=O) groups excluding carboxylic acids is 1. The fraction of sp³-hybridized carbons (Fsp3) is 0.923. The largest absolute Gasteiger partial charge is 0.388 e. The molecule has 17 heavy (non-hydrogen) atoms. The Kier molecular flexibility index (Phi) is 4.40. The topological polar surface area (TPSA) is 61.4 Å². The molecule has 2 fully saturated rings. The van der Waals surface area contributed by atoms with Gasteiger partial charge in [0, 0.05) is 13.0 Å². The lowest BCUT2D eigenvalue weighted by Crippen LogP contribution is -2.41. The Labute approximate surface area is 103 Å². The number of amides is 1. The zero-order valence-electron chi connectivity index (χ0n) is 10.5. The lowest BCUT2D eigenvalue weighted by molar-refractivity contribution is -0.123. The van der Waals surface area contributed by atoms with Crippen LogP contribution in [-0.4, -0.2) is 36.2 Å². The lowest BCUT2D eigenvalue weighted by atomic mass is 9.94. The molecule has 0 aromatic rings. The molecule has 1 aliphatic heterocycles. The van der Waals surface area contributed by atoms with Crippen molar-refractivity contribution < 1.29 is 9.90 Å². The van der Waals surface area contributed by atoms with Crippen molar-refractivity contribution in [3.05, 3.63) is 0 Å². The highest BCUT2D eigenvalue weighted by Gasteiger charge is 2.31. The van der Waals surface area contributed by atoms with Crippen LogP contribution in [0.15, 0.2) is 0 Å². The van der Waals surface area contributed by atoms with Gasteiger partial charge in [0.25, 0.3) is 0 Å². The van der Waals surface area contributed by atoms with Gasteiger partial charge in [0.15, 0.2) is 0 Å². The monoisotopic (exact) mass is 240 g/mol. The molecule has 4 nitrogen and oxygen atoms in total. The third kappa shape index (κ3) is 3.96. The molecule has 0 atom stereocenters. The van der Waals surface area contributed by atoms with Gasteiger partial charge in [-0.05, 0) is 44.7 Å². The molecule has 0 unspecified atom stereocenters. The molecule has 0 aromatic carbocycles. The molecule has 1 amide bonds. The van der Waals surface area contributed by atoms with Crippen LogP contribution in [-0.2, 0) is 4.79 Å². The van der Waals surface area contributed by atoms with Crippen LogP contribution in [0.1, 0.15) is 44.9 Å². The van der Waals surface area contributed by atoms with Gasteiger partial charge >= 0.3 is 0 Å². The summed E-state index contributed by atoms with van der Waals surface area (Å²) >= 11 is 0. The van der Waals surface area contributed by atoms with E-state index in [0.29, 0.717) is 18.9 Å². The van der Waals surface area contributed by atoms with Gasteiger partial charge in [-0.1, -0.05) is 12.8 Å². The number of carbonyl (C=O) groups is 1. The Bertz CT molecular complexity index is 256. The van der Waals surface area contributed by atoms with E-state index >= 15 is 0 Å². The Morgan fingerprint density at radius 3 is 2.59 bits per heavy atom. The Morgan fingerprint density at radius 1 is 1.29 bits per heavy atom. The number of nitrogens with one attached hydrogen (secondary N) is 2. The summed E-state index contributed by atoms with van der Waals surface area (Å²) in [4.78, 5) is 11.8. The molecular formula is C13H24N2O2. The molecular weight excluding hydrogens is 216 g/mol. The van der Waals surface area contributed by atoms with Gasteiger partial charge in [-0.3, -0.25) is 4.79 Å². The third-order valence-electron chi connectivity index (χ3n) is 4.08. The maximum Gasteiger partial charge on any atom is 0.220 e. The van der Waals surface area contributed by atoms with Gasteiger partial charge in [0.2, 0.25) is 5.91 Å². The standard InChI is InChI=1S/C13H24N2O2/c16-12(9-11-3-7-14-8-4-11)15-10-13(17)5-1-2-6-13/h11,14,17H,1-10H2,(H,15,16). The second-order valence-electron chi connectivity index (χ2n) is 5.61. The predicted octanol–water partition coefficient (Wildman–Crippen LogP) is 0.797. The van der Waals surface area contributed by atoms with E-state index < -0.39 is 5.60 Å². The van der Waals surface area contributed by atoms with E-state index in [2.05, 4.69) is 10.6 Å². The highest BCUT2D eigenvalue weighted by molar-refractivity contribution is 5.76. The van der Waals surface area contributed by atoms with E-state index in [9.17, 15) is 9.90 Å². The minimum absolute atomic E-state index is 0.109. The fourth-order valence-corrected chi connectivity index (χ4v) is 2.89. The summed E-state index contributed by atoms with van der Waals surface area (Å²) in [6.07, 6.45) is 6.65. The van der Waals surface area contributed by atoms with E-state index in [0.717, 1.165) is 51.6 Å². The summed E-state index contributed by atoms with van der Waals surface area (Å²) in [6, 6.07) is 0. The van der Waals surface area contributed by atoms with Crippen molar-refractivity contribution in [3.8, 4) is 0 Å². The quantitative estimate of drug-likeness (QED) is 0.681. The highest BCUT2D eigenvalue weighted by atomic mass is 16.3. The van der Waals surface area contributed by atoms with Crippen LogP contribution in [0.25, 0.3) is 0 Å². The second-order valence-corrected chi connectivity index (χ2v) is 5.61. The molecule has 0 bridgehead atoms.